The van der Waals surface area contributed by atoms with E-state index in [9.17, 15) is 14.4 Å². The highest BCUT2D eigenvalue weighted by Gasteiger charge is 2.28. The Kier molecular flexibility index (Phi) is 5.39. The van der Waals surface area contributed by atoms with Gasteiger partial charge in [-0.3, -0.25) is 19.3 Å². The highest BCUT2D eigenvalue weighted by atomic mass is 35.5. The molecule has 5 rings (SSSR count). The van der Waals surface area contributed by atoms with Crippen molar-refractivity contribution in [3.8, 4) is 22.8 Å². The zero-order valence-electron chi connectivity index (χ0n) is 17.3. The van der Waals surface area contributed by atoms with Crippen LogP contribution < -0.4 is 24.6 Å². The normalized spacial score (nSPS) is 14.8. The molecule has 3 aromatic rings. The molecule has 2 aromatic carbocycles. The molecule has 33 heavy (non-hydrogen) atoms. The average Bonchev–Trinajstić information content (AvgIpc) is 3.26. The van der Waals surface area contributed by atoms with Crippen molar-refractivity contribution < 1.29 is 23.9 Å². The Morgan fingerprint density at radius 3 is 2.64 bits per heavy atom. The Morgan fingerprint density at radius 2 is 1.82 bits per heavy atom. The maximum absolute atomic E-state index is 12.7. The van der Waals surface area contributed by atoms with E-state index >= 15 is 0 Å². The van der Waals surface area contributed by atoms with Gasteiger partial charge < -0.3 is 19.7 Å². The van der Waals surface area contributed by atoms with Crippen LogP contribution in [0.1, 0.15) is 0 Å². The smallest absolute Gasteiger partial charge is 0.265 e. The molecule has 0 atom stereocenters. The molecule has 0 saturated heterocycles. The quantitative estimate of drug-likeness (QED) is 0.610. The molecule has 0 radical (unpaired) electrons. The Labute approximate surface area is 197 Å². The van der Waals surface area contributed by atoms with Crippen LogP contribution in [0, 0.1) is 0 Å². The van der Waals surface area contributed by atoms with E-state index in [1.807, 2.05) is 12.1 Å². The lowest BCUT2D eigenvalue weighted by Crippen LogP contribution is -2.43. The summed E-state index contributed by atoms with van der Waals surface area (Å²) in [7, 11) is 1.69. The van der Waals surface area contributed by atoms with E-state index in [0.29, 0.717) is 38.7 Å². The molecule has 0 aliphatic carbocycles. The lowest BCUT2D eigenvalue weighted by molar-refractivity contribution is -0.123. The van der Waals surface area contributed by atoms with Crippen LogP contribution in [-0.2, 0) is 14.4 Å². The second-order valence-corrected chi connectivity index (χ2v) is 8.69. The van der Waals surface area contributed by atoms with E-state index in [-0.39, 0.29) is 31.6 Å². The van der Waals surface area contributed by atoms with Crippen molar-refractivity contribution in [2.45, 2.75) is 0 Å². The molecule has 2 aliphatic heterocycles. The Bertz CT molecular complexity index is 1290. The molecule has 1 N–H and O–H groups in total. The topological polar surface area (TPSA) is 101 Å². The molecule has 3 heterocycles. The number of likely N-dealkylation sites (N-methyl/N-ethyl adjacent to an activating group) is 1. The zero-order chi connectivity index (χ0) is 23.1. The summed E-state index contributed by atoms with van der Waals surface area (Å²) >= 11 is 7.30. The molecule has 0 spiro atoms. The van der Waals surface area contributed by atoms with Crippen molar-refractivity contribution in [2.24, 2.45) is 0 Å². The first-order chi connectivity index (χ1) is 15.9. The number of nitrogens with zero attached hydrogens (tertiary/aromatic N) is 3. The first-order valence-electron chi connectivity index (χ1n) is 9.91. The van der Waals surface area contributed by atoms with Crippen LogP contribution in [0.25, 0.3) is 11.3 Å². The molecule has 2 aliphatic rings. The van der Waals surface area contributed by atoms with Gasteiger partial charge in [0.15, 0.2) is 18.3 Å². The SMILES string of the molecule is CN1C(=O)COc2ccc(-c3csc(NC(=O)CN4C(=O)COc5ccc(Cl)cc54)n3)cc21. The molecular weight excluding hydrogens is 468 g/mol. The van der Waals surface area contributed by atoms with Crippen molar-refractivity contribution in [2.75, 3.05) is 41.9 Å². The molecule has 0 bridgehead atoms. The van der Waals surface area contributed by atoms with Gasteiger partial charge in [0.05, 0.1) is 17.1 Å². The number of amides is 3. The second-order valence-electron chi connectivity index (χ2n) is 7.39. The second kappa shape index (κ2) is 8.38. The van der Waals surface area contributed by atoms with Crippen LogP contribution in [0.2, 0.25) is 5.02 Å². The number of nitrogens with one attached hydrogen (secondary N) is 1. The number of thiazole rings is 1. The van der Waals surface area contributed by atoms with Gasteiger partial charge >= 0.3 is 0 Å². The van der Waals surface area contributed by atoms with E-state index in [1.165, 1.54) is 16.2 Å². The Hall–Kier alpha value is -3.63. The first-order valence-corrected chi connectivity index (χ1v) is 11.2. The lowest BCUT2D eigenvalue weighted by Gasteiger charge is -2.28. The van der Waals surface area contributed by atoms with Crippen molar-refractivity contribution >= 4 is 57.2 Å². The van der Waals surface area contributed by atoms with E-state index in [2.05, 4.69) is 10.3 Å². The lowest BCUT2D eigenvalue weighted by atomic mass is 10.1. The van der Waals surface area contributed by atoms with Crippen LogP contribution in [0.5, 0.6) is 11.5 Å². The number of carbonyl (C=O) groups is 3. The molecule has 3 amide bonds. The van der Waals surface area contributed by atoms with Crippen LogP contribution in [0.15, 0.2) is 41.8 Å². The van der Waals surface area contributed by atoms with Gasteiger partial charge in [0.2, 0.25) is 5.91 Å². The number of aromatic nitrogens is 1. The van der Waals surface area contributed by atoms with Crippen LogP contribution in [0.3, 0.4) is 0 Å². The molecular formula is C22H17ClN4O5S. The van der Waals surface area contributed by atoms with Gasteiger partial charge in [-0.15, -0.1) is 11.3 Å². The predicted octanol–water partition coefficient (Wildman–Crippen LogP) is 3.18. The highest BCUT2D eigenvalue weighted by Crippen LogP contribution is 2.37. The number of hydrogen-bond acceptors (Lipinski definition) is 7. The summed E-state index contributed by atoms with van der Waals surface area (Å²) in [5.41, 5.74) is 2.53. The Balaban J connectivity index is 1.31. The van der Waals surface area contributed by atoms with E-state index in [4.69, 9.17) is 21.1 Å². The standard InChI is InChI=1S/C22H17ClN4O5S/c1-26-15-6-12(2-4-17(15)31-9-20(26)29)14-11-33-22(24-14)25-19(28)8-27-16-7-13(23)3-5-18(16)32-10-21(27)30/h2-7,11H,8-10H2,1H3,(H,24,25,28). The van der Waals surface area contributed by atoms with Crippen LogP contribution in [-0.4, -0.2) is 49.5 Å². The number of carbonyl (C=O) groups excluding carboxylic acids is 3. The van der Waals surface area contributed by atoms with Gasteiger partial charge in [0, 0.05) is 23.0 Å². The first kappa shape index (κ1) is 21.2. The minimum Gasteiger partial charge on any atom is -0.482 e. The van der Waals surface area contributed by atoms with Crippen molar-refractivity contribution in [3.05, 3.63) is 46.8 Å². The number of ether oxygens (including phenoxy) is 2. The average molecular weight is 485 g/mol. The largest absolute Gasteiger partial charge is 0.482 e. The van der Waals surface area contributed by atoms with Crippen LogP contribution in [0.4, 0.5) is 16.5 Å². The number of anilines is 3. The summed E-state index contributed by atoms with van der Waals surface area (Å²) in [6.45, 7) is -0.339. The fraction of sp³-hybridized carbons (Fsp3) is 0.182. The zero-order valence-corrected chi connectivity index (χ0v) is 18.9. The monoisotopic (exact) mass is 484 g/mol. The summed E-state index contributed by atoms with van der Waals surface area (Å²) in [4.78, 5) is 44.3. The minimum atomic E-state index is -0.402. The fourth-order valence-corrected chi connectivity index (χ4v) is 4.45. The number of benzene rings is 2. The summed E-state index contributed by atoms with van der Waals surface area (Å²) in [5, 5.41) is 5.36. The van der Waals surface area contributed by atoms with Gasteiger partial charge in [-0.25, -0.2) is 4.98 Å². The van der Waals surface area contributed by atoms with Gasteiger partial charge in [-0.2, -0.15) is 0 Å². The summed E-state index contributed by atoms with van der Waals surface area (Å²) < 4.78 is 10.9. The summed E-state index contributed by atoms with van der Waals surface area (Å²) in [5.74, 6) is 0.241. The third-order valence-corrected chi connectivity index (χ3v) is 6.25. The predicted molar refractivity (Wildman–Crippen MR) is 124 cm³/mol. The summed E-state index contributed by atoms with van der Waals surface area (Å²) in [6, 6.07) is 10.4. The number of hydrogen-bond donors (Lipinski definition) is 1. The van der Waals surface area contributed by atoms with Gasteiger partial charge in [-0.05, 0) is 36.4 Å². The molecule has 11 heteroatoms. The molecule has 0 unspecified atom stereocenters. The maximum Gasteiger partial charge on any atom is 0.265 e. The van der Waals surface area contributed by atoms with Crippen LogP contribution >= 0.6 is 22.9 Å². The van der Waals surface area contributed by atoms with Crippen molar-refractivity contribution in [1.82, 2.24) is 4.98 Å². The summed E-state index contributed by atoms with van der Waals surface area (Å²) in [6.07, 6.45) is 0. The molecule has 9 nitrogen and oxygen atoms in total. The van der Waals surface area contributed by atoms with E-state index in [1.54, 1.807) is 41.6 Å². The fourth-order valence-electron chi connectivity index (χ4n) is 3.55. The molecule has 1 aromatic heterocycles. The van der Waals surface area contributed by atoms with Gasteiger partial charge in [0.1, 0.15) is 18.0 Å². The third-order valence-electron chi connectivity index (χ3n) is 5.26. The van der Waals surface area contributed by atoms with Gasteiger partial charge in [-0.1, -0.05) is 11.6 Å². The highest BCUT2D eigenvalue weighted by molar-refractivity contribution is 7.14. The maximum atomic E-state index is 12.7. The van der Waals surface area contributed by atoms with E-state index < -0.39 is 5.91 Å². The third kappa shape index (κ3) is 4.10. The van der Waals surface area contributed by atoms with Crippen molar-refractivity contribution in [1.29, 1.82) is 0 Å². The number of rotatable bonds is 4. The minimum absolute atomic E-state index is 0.0120. The molecule has 168 valence electrons. The van der Waals surface area contributed by atoms with E-state index in [0.717, 1.165) is 5.56 Å². The van der Waals surface area contributed by atoms with Crippen molar-refractivity contribution in [3.63, 3.8) is 0 Å². The molecule has 0 fully saturated rings. The number of halogens is 1. The van der Waals surface area contributed by atoms with Gasteiger partial charge in [0.25, 0.3) is 11.8 Å². The number of fused-ring (bicyclic) bond motifs is 2. The molecule has 0 saturated carbocycles. The Morgan fingerprint density at radius 1 is 1.09 bits per heavy atom.